The molecule has 1 amide bonds. The van der Waals surface area contributed by atoms with Crippen LogP contribution in [0.5, 0.6) is 0 Å². The van der Waals surface area contributed by atoms with Gasteiger partial charge in [0.25, 0.3) is 17.2 Å². The monoisotopic (exact) mass is 289 g/mol. The van der Waals surface area contributed by atoms with E-state index >= 15 is 0 Å². The first-order chi connectivity index (χ1) is 10.0. The molecule has 2 aromatic rings. The van der Waals surface area contributed by atoms with E-state index in [2.05, 4.69) is 20.8 Å². The van der Waals surface area contributed by atoms with Gasteiger partial charge in [0.05, 0.1) is 10.5 Å². The molecule has 3 N–H and O–H groups in total. The summed E-state index contributed by atoms with van der Waals surface area (Å²) in [7, 11) is 1.48. The highest BCUT2D eigenvalue weighted by molar-refractivity contribution is 6.08. The van der Waals surface area contributed by atoms with Crippen LogP contribution in [0.25, 0.3) is 0 Å². The van der Waals surface area contributed by atoms with Gasteiger partial charge in [-0.05, 0) is 12.1 Å². The number of nitrogens with one attached hydrogen (secondary N) is 3. The number of carbonyl (C=O) groups excluding carboxylic acids is 1. The molecule has 0 atom stereocenters. The van der Waals surface area contributed by atoms with Crippen molar-refractivity contribution in [2.75, 3.05) is 17.7 Å². The molecule has 1 aromatic heterocycles. The van der Waals surface area contributed by atoms with E-state index in [1.54, 1.807) is 0 Å². The van der Waals surface area contributed by atoms with Crippen LogP contribution in [0.1, 0.15) is 10.4 Å². The first-order valence-corrected chi connectivity index (χ1v) is 5.85. The number of aromatic nitrogens is 2. The van der Waals surface area contributed by atoms with E-state index in [0.29, 0.717) is 0 Å². The van der Waals surface area contributed by atoms with Crippen molar-refractivity contribution in [3.63, 3.8) is 0 Å². The summed E-state index contributed by atoms with van der Waals surface area (Å²) in [5.41, 5.74) is -0.414. The van der Waals surface area contributed by atoms with Gasteiger partial charge in [0.1, 0.15) is 5.69 Å². The number of rotatable bonds is 4. The van der Waals surface area contributed by atoms with E-state index in [0.717, 1.165) is 0 Å². The van der Waals surface area contributed by atoms with Crippen LogP contribution in [0, 0.1) is 10.1 Å². The Kier molecular flexibility index (Phi) is 3.93. The molecule has 21 heavy (non-hydrogen) atoms. The highest BCUT2D eigenvalue weighted by atomic mass is 16.6. The number of hydrogen-bond donors (Lipinski definition) is 3. The van der Waals surface area contributed by atoms with Gasteiger partial charge in [-0.15, -0.1) is 0 Å². The second-order valence-electron chi connectivity index (χ2n) is 3.97. The van der Waals surface area contributed by atoms with E-state index in [1.165, 1.54) is 37.4 Å². The zero-order chi connectivity index (χ0) is 15.4. The molecule has 1 aromatic carbocycles. The van der Waals surface area contributed by atoms with Crippen LogP contribution in [0.15, 0.2) is 35.1 Å². The van der Waals surface area contributed by atoms with Crippen molar-refractivity contribution in [1.82, 2.24) is 10.2 Å². The van der Waals surface area contributed by atoms with Crippen molar-refractivity contribution in [3.8, 4) is 0 Å². The Labute approximate surface area is 118 Å². The highest BCUT2D eigenvalue weighted by Crippen LogP contribution is 2.28. The summed E-state index contributed by atoms with van der Waals surface area (Å²) >= 11 is 0. The van der Waals surface area contributed by atoms with Crippen molar-refractivity contribution in [3.05, 3.63) is 56.4 Å². The molecule has 0 bridgehead atoms. The minimum atomic E-state index is -0.582. The number of H-pyrrole nitrogens is 1. The molecule has 2 rings (SSSR count). The zero-order valence-corrected chi connectivity index (χ0v) is 10.9. The Morgan fingerprint density at radius 3 is 2.67 bits per heavy atom. The lowest BCUT2D eigenvalue weighted by atomic mass is 10.1. The molecule has 0 aliphatic carbocycles. The van der Waals surface area contributed by atoms with Gasteiger partial charge in [0, 0.05) is 19.2 Å². The Morgan fingerprint density at radius 1 is 1.33 bits per heavy atom. The summed E-state index contributed by atoms with van der Waals surface area (Å²) in [6.07, 6.45) is 0. The molecule has 9 nitrogen and oxygen atoms in total. The van der Waals surface area contributed by atoms with Crippen molar-refractivity contribution in [2.45, 2.75) is 0 Å². The van der Waals surface area contributed by atoms with Gasteiger partial charge in [-0.2, -0.15) is 5.10 Å². The Balaban J connectivity index is 2.35. The summed E-state index contributed by atoms with van der Waals surface area (Å²) in [5, 5.41) is 21.8. The highest BCUT2D eigenvalue weighted by Gasteiger charge is 2.20. The van der Waals surface area contributed by atoms with Crippen LogP contribution < -0.4 is 16.2 Å². The fraction of sp³-hybridized carbons (Fsp3) is 0.0833. The minimum absolute atomic E-state index is 0.0969. The second kappa shape index (κ2) is 5.82. The third-order valence-electron chi connectivity index (χ3n) is 2.65. The van der Waals surface area contributed by atoms with E-state index in [-0.39, 0.29) is 22.8 Å². The number of nitro benzene ring substituents is 1. The molecule has 9 heteroatoms. The lowest BCUT2D eigenvalue weighted by Gasteiger charge is -2.09. The number of nitro groups is 1. The molecule has 1 heterocycles. The first-order valence-electron chi connectivity index (χ1n) is 5.85. The number of nitrogens with zero attached hydrogens (tertiary/aromatic N) is 2. The average Bonchev–Trinajstić information content (AvgIpc) is 2.48. The molecule has 0 saturated heterocycles. The van der Waals surface area contributed by atoms with Crippen molar-refractivity contribution < 1.29 is 9.72 Å². The molecule has 108 valence electrons. The number of hydrogen-bond acceptors (Lipinski definition) is 6. The number of para-hydroxylation sites is 1. The van der Waals surface area contributed by atoms with Gasteiger partial charge >= 0.3 is 0 Å². The van der Waals surface area contributed by atoms with Gasteiger partial charge in [-0.1, -0.05) is 6.07 Å². The molecule has 0 spiro atoms. The zero-order valence-electron chi connectivity index (χ0n) is 10.9. The van der Waals surface area contributed by atoms with Crippen LogP contribution in [0.2, 0.25) is 0 Å². The van der Waals surface area contributed by atoms with Gasteiger partial charge in [0.2, 0.25) is 0 Å². The predicted octanol–water partition coefficient (Wildman–Crippen LogP) is 0.972. The van der Waals surface area contributed by atoms with E-state index < -0.39 is 16.4 Å². The third kappa shape index (κ3) is 3.03. The third-order valence-corrected chi connectivity index (χ3v) is 2.65. The first kappa shape index (κ1) is 14.2. The van der Waals surface area contributed by atoms with Gasteiger partial charge in [0.15, 0.2) is 5.82 Å². The Morgan fingerprint density at radius 2 is 2.10 bits per heavy atom. The molecular formula is C12H11N5O4. The standard InChI is InChI=1S/C12H11N5O4/c1-13-11-7(3-2-4-8(11)17(20)21)12(19)14-9-5-6-10(18)16-15-9/h2-6,13H,1H3,(H,16,18)(H,14,15,19). The van der Waals surface area contributed by atoms with Crippen LogP contribution in [0.4, 0.5) is 17.2 Å². The molecular weight excluding hydrogens is 278 g/mol. The summed E-state index contributed by atoms with van der Waals surface area (Å²) in [5.74, 6) is -0.448. The molecule has 0 saturated carbocycles. The molecule has 0 aliphatic rings. The SMILES string of the molecule is CNc1c(C(=O)Nc2ccc(=O)[nH]n2)cccc1[N+](=O)[O-]. The lowest BCUT2D eigenvalue weighted by molar-refractivity contribution is -0.384. The molecule has 0 radical (unpaired) electrons. The summed E-state index contributed by atoms with van der Waals surface area (Å²) in [6.45, 7) is 0. The fourth-order valence-corrected chi connectivity index (χ4v) is 1.74. The van der Waals surface area contributed by atoms with E-state index in [1.807, 2.05) is 0 Å². The van der Waals surface area contributed by atoms with Crippen LogP contribution in [-0.4, -0.2) is 28.1 Å². The lowest BCUT2D eigenvalue weighted by Crippen LogP contribution is -2.17. The maximum absolute atomic E-state index is 12.1. The largest absolute Gasteiger partial charge is 0.382 e. The minimum Gasteiger partial charge on any atom is -0.382 e. The number of benzene rings is 1. The molecule has 0 unspecified atom stereocenters. The maximum Gasteiger partial charge on any atom is 0.293 e. The van der Waals surface area contributed by atoms with E-state index in [4.69, 9.17) is 0 Å². The van der Waals surface area contributed by atoms with Gasteiger partial charge in [-0.25, -0.2) is 5.10 Å². The van der Waals surface area contributed by atoms with Crippen LogP contribution in [0.3, 0.4) is 0 Å². The molecule has 0 aliphatic heterocycles. The predicted molar refractivity (Wildman–Crippen MR) is 75.5 cm³/mol. The smallest absolute Gasteiger partial charge is 0.293 e. The fourth-order valence-electron chi connectivity index (χ4n) is 1.74. The quantitative estimate of drug-likeness (QED) is 0.568. The maximum atomic E-state index is 12.1. The second-order valence-corrected chi connectivity index (χ2v) is 3.97. The van der Waals surface area contributed by atoms with Crippen molar-refractivity contribution >= 4 is 23.1 Å². The van der Waals surface area contributed by atoms with Gasteiger partial charge in [-0.3, -0.25) is 19.7 Å². The van der Waals surface area contributed by atoms with Crippen molar-refractivity contribution in [1.29, 1.82) is 0 Å². The Bertz CT molecular complexity index is 735. The normalized spacial score (nSPS) is 9.95. The number of amides is 1. The Hall–Kier alpha value is -3.23. The number of aromatic amines is 1. The summed E-state index contributed by atoms with van der Waals surface area (Å²) in [6, 6.07) is 6.68. The van der Waals surface area contributed by atoms with Crippen LogP contribution >= 0.6 is 0 Å². The topological polar surface area (TPSA) is 130 Å². The number of carbonyl (C=O) groups is 1. The van der Waals surface area contributed by atoms with Crippen molar-refractivity contribution in [2.24, 2.45) is 0 Å². The number of anilines is 2. The molecule has 0 fully saturated rings. The summed E-state index contributed by atoms with van der Waals surface area (Å²) in [4.78, 5) is 33.4. The average molecular weight is 289 g/mol. The van der Waals surface area contributed by atoms with Gasteiger partial charge < -0.3 is 10.6 Å². The van der Waals surface area contributed by atoms with E-state index in [9.17, 15) is 19.7 Å². The van der Waals surface area contributed by atoms with Crippen LogP contribution in [-0.2, 0) is 0 Å². The summed E-state index contributed by atoms with van der Waals surface area (Å²) < 4.78 is 0.